The molecule has 0 bridgehead atoms. The molecule has 6 nitrogen and oxygen atoms in total. The molecular weight excluding hydrogens is 471 g/mol. The van der Waals surface area contributed by atoms with Crippen LogP contribution < -0.4 is 4.74 Å². The molecule has 0 saturated heterocycles. The van der Waals surface area contributed by atoms with Gasteiger partial charge in [-0.05, 0) is 88.2 Å². The number of benzene rings is 2. The van der Waals surface area contributed by atoms with Gasteiger partial charge in [-0.1, -0.05) is 25.5 Å². The van der Waals surface area contributed by atoms with Gasteiger partial charge >= 0.3 is 0 Å². The van der Waals surface area contributed by atoms with Gasteiger partial charge in [0.25, 0.3) is 5.91 Å². The highest BCUT2D eigenvalue weighted by molar-refractivity contribution is 5.97. The Balaban J connectivity index is 1.79. The number of amides is 2. The molecule has 2 aromatic carbocycles. The topological polar surface area (TPSA) is 63.0 Å². The Hall–Kier alpha value is -3.61. The van der Waals surface area contributed by atoms with Gasteiger partial charge in [-0.25, -0.2) is 4.39 Å². The summed E-state index contributed by atoms with van der Waals surface area (Å²) in [5.41, 5.74) is 0.661. The van der Waals surface area contributed by atoms with Gasteiger partial charge in [0.05, 0.1) is 13.2 Å². The van der Waals surface area contributed by atoms with Crippen LogP contribution in [0.4, 0.5) is 4.39 Å². The SMILES string of the molecule is CCCCOc1ccc(C(=O)N(CC(=O)N(Cc2ccc(F)cc2)Cc2ccc(C)o2)C(C)(C)C)cc1. The van der Waals surface area contributed by atoms with Crippen LogP contribution in [-0.2, 0) is 17.9 Å². The fourth-order valence-corrected chi connectivity index (χ4v) is 3.83. The van der Waals surface area contributed by atoms with Gasteiger partial charge in [-0.3, -0.25) is 9.59 Å². The molecule has 0 saturated carbocycles. The lowest BCUT2D eigenvalue weighted by Gasteiger charge is -2.37. The number of unbranched alkanes of at least 4 members (excludes halogenated alkanes) is 1. The molecule has 37 heavy (non-hydrogen) atoms. The van der Waals surface area contributed by atoms with Crippen molar-refractivity contribution in [3.8, 4) is 5.75 Å². The van der Waals surface area contributed by atoms with E-state index in [2.05, 4.69) is 6.92 Å². The third-order valence-electron chi connectivity index (χ3n) is 6.00. The van der Waals surface area contributed by atoms with Gasteiger partial charge in [0.2, 0.25) is 5.91 Å². The van der Waals surface area contributed by atoms with Crippen molar-refractivity contribution in [3.63, 3.8) is 0 Å². The fourth-order valence-electron chi connectivity index (χ4n) is 3.83. The van der Waals surface area contributed by atoms with E-state index < -0.39 is 5.54 Å². The first-order valence-corrected chi connectivity index (χ1v) is 12.7. The summed E-state index contributed by atoms with van der Waals surface area (Å²) in [5.74, 6) is 1.29. The molecule has 0 N–H and O–H groups in total. The molecule has 0 fully saturated rings. The van der Waals surface area contributed by atoms with Crippen molar-refractivity contribution in [3.05, 3.63) is 89.1 Å². The molecular formula is C30H37FN2O4. The molecule has 0 unspecified atom stereocenters. The van der Waals surface area contributed by atoms with Gasteiger partial charge in [0.1, 0.15) is 29.6 Å². The number of hydrogen-bond acceptors (Lipinski definition) is 4. The number of aryl methyl sites for hydroxylation is 1. The van der Waals surface area contributed by atoms with Crippen molar-refractivity contribution in [1.82, 2.24) is 9.80 Å². The lowest BCUT2D eigenvalue weighted by atomic mass is 10.0. The summed E-state index contributed by atoms with van der Waals surface area (Å²) >= 11 is 0. The highest BCUT2D eigenvalue weighted by atomic mass is 19.1. The van der Waals surface area contributed by atoms with Crippen molar-refractivity contribution >= 4 is 11.8 Å². The Bertz CT molecular complexity index is 1160. The van der Waals surface area contributed by atoms with Crippen LogP contribution in [-0.4, -0.2) is 40.3 Å². The molecule has 0 aliphatic carbocycles. The maximum Gasteiger partial charge on any atom is 0.254 e. The Kier molecular flexibility index (Phi) is 9.50. The minimum Gasteiger partial charge on any atom is -0.494 e. The number of carbonyl (C=O) groups excluding carboxylic acids is 2. The van der Waals surface area contributed by atoms with Crippen molar-refractivity contribution in [1.29, 1.82) is 0 Å². The van der Waals surface area contributed by atoms with Crippen molar-refractivity contribution in [2.45, 2.75) is 66.1 Å². The first-order valence-electron chi connectivity index (χ1n) is 12.7. The van der Waals surface area contributed by atoms with Crippen LogP contribution in [0.5, 0.6) is 5.75 Å². The Morgan fingerprint density at radius 3 is 2.19 bits per heavy atom. The molecule has 3 rings (SSSR count). The molecule has 0 aliphatic rings. The summed E-state index contributed by atoms with van der Waals surface area (Å²) in [5, 5.41) is 0. The average Bonchev–Trinajstić information content (AvgIpc) is 3.27. The lowest BCUT2D eigenvalue weighted by molar-refractivity contribution is -0.134. The maximum atomic E-state index is 13.6. The van der Waals surface area contributed by atoms with E-state index in [4.69, 9.17) is 9.15 Å². The van der Waals surface area contributed by atoms with E-state index in [0.29, 0.717) is 23.7 Å². The molecule has 1 aromatic heterocycles. The summed E-state index contributed by atoms with van der Waals surface area (Å²) in [6, 6.07) is 16.7. The summed E-state index contributed by atoms with van der Waals surface area (Å²) in [7, 11) is 0. The number of carbonyl (C=O) groups is 2. The number of ether oxygens (including phenoxy) is 1. The Morgan fingerprint density at radius 1 is 0.946 bits per heavy atom. The van der Waals surface area contributed by atoms with Gasteiger partial charge in [0.15, 0.2) is 0 Å². The van der Waals surface area contributed by atoms with Gasteiger partial charge in [-0.15, -0.1) is 0 Å². The molecule has 3 aromatic rings. The largest absolute Gasteiger partial charge is 0.494 e. The number of nitrogens with zero attached hydrogens (tertiary/aromatic N) is 2. The van der Waals surface area contributed by atoms with E-state index in [1.165, 1.54) is 12.1 Å². The molecule has 0 spiro atoms. The number of rotatable bonds is 11. The number of halogens is 1. The second-order valence-corrected chi connectivity index (χ2v) is 10.2. The van der Waals surface area contributed by atoms with E-state index in [1.54, 1.807) is 46.2 Å². The maximum absolute atomic E-state index is 13.6. The summed E-state index contributed by atoms with van der Waals surface area (Å²) in [6.45, 7) is 10.7. The molecule has 0 radical (unpaired) electrons. The first kappa shape index (κ1) is 28.0. The average molecular weight is 509 g/mol. The molecule has 0 aliphatic heterocycles. The van der Waals surface area contributed by atoms with Gasteiger partial charge in [-0.2, -0.15) is 0 Å². The first-order chi connectivity index (χ1) is 17.6. The van der Waals surface area contributed by atoms with Crippen LogP contribution in [0.1, 0.15) is 68.0 Å². The third kappa shape index (κ3) is 8.20. The minimum absolute atomic E-state index is 0.113. The van der Waals surface area contributed by atoms with E-state index in [0.717, 1.165) is 24.2 Å². The van der Waals surface area contributed by atoms with Gasteiger partial charge in [0, 0.05) is 17.6 Å². The minimum atomic E-state index is -0.605. The lowest BCUT2D eigenvalue weighted by Crippen LogP contribution is -2.51. The summed E-state index contributed by atoms with van der Waals surface area (Å²) in [6.07, 6.45) is 2.01. The smallest absolute Gasteiger partial charge is 0.254 e. The zero-order valence-corrected chi connectivity index (χ0v) is 22.4. The van der Waals surface area contributed by atoms with Crippen LogP contribution in [0.15, 0.2) is 65.1 Å². The zero-order valence-electron chi connectivity index (χ0n) is 22.4. The van der Waals surface area contributed by atoms with Crippen LogP contribution in [0, 0.1) is 12.7 Å². The molecule has 1 heterocycles. The number of hydrogen-bond donors (Lipinski definition) is 0. The van der Waals surface area contributed by atoms with Crippen LogP contribution in [0.3, 0.4) is 0 Å². The van der Waals surface area contributed by atoms with Crippen LogP contribution in [0.25, 0.3) is 0 Å². The second kappa shape index (κ2) is 12.6. The predicted octanol–water partition coefficient (Wildman–Crippen LogP) is 6.38. The molecule has 198 valence electrons. The quantitative estimate of drug-likeness (QED) is 0.282. The summed E-state index contributed by atoms with van der Waals surface area (Å²) in [4.78, 5) is 30.4. The van der Waals surface area contributed by atoms with Crippen LogP contribution >= 0.6 is 0 Å². The van der Waals surface area contributed by atoms with E-state index in [9.17, 15) is 14.0 Å². The predicted molar refractivity (Wildman–Crippen MR) is 142 cm³/mol. The standard InChI is InChI=1S/C30H37FN2O4/c1-6-7-18-36-26-16-11-24(12-17-26)29(35)33(30(3,4)5)21-28(34)32(20-27-15-8-22(2)37-27)19-23-9-13-25(31)14-10-23/h8-17H,6-7,18-21H2,1-5H3. The highest BCUT2D eigenvalue weighted by Crippen LogP contribution is 2.21. The fraction of sp³-hybridized carbons (Fsp3) is 0.400. The third-order valence-corrected chi connectivity index (χ3v) is 6.00. The van der Waals surface area contributed by atoms with Gasteiger partial charge < -0.3 is 19.0 Å². The molecule has 7 heteroatoms. The van der Waals surface area contributed by atoms with E-state index >= 15 is 0 Å². The Morgan fingerprint density at radius 2 is 1.62 bits per heavy atom. The van der Waals surface area contributed by atoms with Crippen molar-refractivity contribution in [2.75, 3.05) is 13.2 Å². The normalized spacial score (nSPS) is 11.3. The molecule has 0 atom stereocenters. The van der Waals surface area contributed by atoms with Crippen molar-refractivity contribution in [2.24, 2.45) is 0 Å². The summed E-state index contributed by atoms with van der Waals surface area (Å²) < 4.78 is 24.9. The second-order valence-electron chi connectivity index (χ2n) is 10.2. The number of furan rings is 1. The zero-order chi connectivity index (χ0) is 27.0. The Labute approximate surface area is 219 Å². The monoisotopic (exact) mass is 508 g/mol. The van der Waals surface area contributed by atoms with Crippen LogP contribution in [0.2, 0.25) is 0 Å². The van der Waals surface area contributed by atoms with E-state index in [-0.39, 0.29) is 37.3 Å². The van der Waals surface area contributed by atoms with Crippen molar-refractivity contribution < 1.29 is 23.1 Å². The highest BCUT2D eigenvalue weighted by Gasteiger charge is 2.31. The van der Waals surface area contributed by atoms with E-state index in [1.807, 2.05) is 39.8 Å². The molecule has 2 amide bonds.